The Morgan fingerprint density at radius 2 is 1.53 bits per heavy atom. The van der Waals surface area contributed by atoms with Crippen LogP contribution >= 0.6 is 0 Å². The molecule has 0 heterocycles. The molecule has 17 heavy (non-hydrogen) atoms. The van der Waals surface area contributed by atoms with Crippen LogP contribution < -0.4 is 0 Å². The Morgan fingerprint density at radius 3 is 1.94 bits per heavy atom. The fraction of sp³-hybridized carbons (Fsp3) is 0.917. The largest absolute Gasteiger partial charge is 0.460 e. The van der Waals surface area contributed by atoms with Crippen LogP contribution in [-0.2, 0) is 23.7 Å². The van der Waals surface area contributed by atoms with Crippen LogP contribution in [0.15, 0.2) is 0 Å². The van der Waals surface area contributed by atoms with E-state index < -0.39 is 11.9 Å². The van der Waals surface area contributed by atoms with Crippen molar-refractivity contribution in [2.45, 2.75) is 46.5 Å². The van der Waals surface area contributed by atoms with E-state index in [1.165, 1.54) is 0 Å². The molecule has 0 spiro atoms. The molecule has 0 saturated carbocycles. The molecule has 0 saturated heterocycles. The van der Waals surface area contributed by atoms with Gasteiger partial charge in [0.2, 0.25) is 0 Å². The third-order valence-corrected chi connectivity index (χ3v) is 1.98. The molecule has 0 amide bonds. The number of carbonyl (C=O) groups excluding carboxylic acids is 1. The SMILES string of the molecule is CCCCOC(OCC)(OCC)C(=O)OCC. The summed E-state index contributed by atoms with van der Waals surface area (Å²) in [6.07, 6.45) is 1.80. The lowest BCUT2D eigenvalue weighted by Gasteiger charge is -2.29. The molecule has 5 nitrogen and oxygen atoms in total. The Bertz CT molecular complexity index is 199. The maximum absolute atomic E-state index is 11.8. The molecule has 0 atom stereocenters. The molecule has 0 aromatic rings. The smallest absolute Gasteiger partial charge is 0.398 e. The molecule has 102 valence electrons. The average Bonchev–Trinajstić information content (AvgIpc) is 2.30. The van der Waals surface area contributed by atoms with Crippen LogP contribution in [0.5, 0.6) is 0 Å². The third kappa shape index (κ3) is 5.48. The second kappa shape index (κ2) is 9.39. The van der Waals surface area contributed by atoms with Crippen molar-refractivity contribution in [3.05, 3.63) is 0 Å². The first kappa shape index (κ1) is 16.4. The number of esters is 1. The summed E-state index contributed by atoms with van der Waals surface area (Å²) in [7, 11) is 0. The Labute approximate surface area is 103 Å². The predicted molar refractivity (Wildman–Crippen MR) is 63.5 cm³/mol. The van der Waals surface area contributed by atoms with Crippen molar-refractivity contribution in [2.75, 3.05) is 26.4 Å². The van der Waals surface area contributed by atoms with Gasteiger partial charge in [-0.2, -0.15) is 0 Å². The summed E-state index contributed by atoms with van der Waals surface area (Å²) in [6, 6.07) is 0. The zero-order valence-electron chi connectivity index (χ0n) is 11.3. The van der Waals surface area contributed by atoms with Gasteiger partial charge in [0.25, 0.3) is 0 Å². The summed E-state index contributed by atoms with van der Waals surface area (Å²) < 4.78 is 21.0. The highest BCUT2D eigenvalue weighted by Gasteiger charge is 2.44. The van der Waals surface area contributed by atoms with E-state index >= 15 is 0 Å². The fourth-order valence-electron chi connectivity index (χ4n) is 1.25. The van der Waals surface area contributed by atoms with Crippen LogP contribution in [0.1, 0.15) is 40.5 Å². The van der Waals surface area contributed by atoms with Gasteiger partial charge in [0.15, 0.2) is 0 Å². The normalized spacial score (nSPS) is 11.5. The lowest BCUT2D eigenvalue weighted by molar-refractivity contribution is -0.362. The van der Waals surface area contributed by atoms with Gasteiger partial charge in [0.1, 0.15) is 0 Å². The maximum Gasteiger partial charge on any atom is 0.398 e. The van der Waals surface area contributed by atoms with E-state index in [4.69, 9.17) is 18.9 Å². The van der Waals surface area contributed by atoms with Crippen LogP contribution in [0, 0.1) is 0 Å². The lowest BCUT2D eigenvalue weighted by Crippen LogP contribution is -2.48. The van der Waals surface area contributed by atoms with Crippen molar-refractivity contribution >= 4 is 5.97 Å². The van der Waals surface area contributed by atoms with Crippen molar-refractivity contribution in [3.63, 3.8) is 0 Å². The number of unbranched alkanes of at least 4 members (excludes halogenated alkanes) is 1. The molecule has 0 aliphatic carbocycles. The quantitative estimate of drug-likeness (QED) is 0.336. The zero-order valence-corrected chi connectivity index (χ0v) is 11.3. The first-order valence-corrected chi connectivity index (χ1v) is 6.25. The highest BCUT2D eigenvalue weighted by molar-refractivity contribution is 5.76. The first-order chi connectivity index (χ1) is 8.16. The second-order valence-electron chi connectivity index (χ2n) is 3.34. The Hall–Kier alpha value is -0.650. The lowest BCUT2D eigenvalue weighted by atomic mass is 10.3. The van der Waals surface area contributed by atoms with Gasteiger partial charge in [0.05, 0.1) is 26.4 Å². The molecule has 0 aromatic carbocycles. The van der Waals surface area contributed by atoms with E-state index in [0.717, 1.165) is 12.8 Å². The molecule has 0 aliphatic heterocycles. The average molecular weight is 248 g/mol. The minimum Gasteiger partial charge on any atom is -0.460 e. The zero-order chi connectivity index (χ0) is 13.1. The van der Waals surface area contributed by atoms with Crippen molar-refractivity contribution in [1.82, 2.24) is 0 Å². The Morgan fingerprint density at radius 1 is 0.941 bits per heavy atom. The van der Waals surface area contributed by atoms with Gasteiger partial charge in [-0.3, -0.25) is 0 Å². The van der Waals surface area contributed by atoms with E-state index in [2.05, 4.69) is 0 Å². The summed E-state index contributed by atoms with van der Waals surface area (Å²) in [4.78, 5) is 11.8. The molecular formula is C12H24O5. The minimum absolute atomic E-state index is 0.262. The van der Waals surface area contributed by atoms with Crippen LogP contribution in [0.4, 0.5) is 0 Å². The monoisotopic (exact) mass is 248 g/mol. The summed E-state index contributed by atoms with van der Waals surface area (Å²) in [5.41, 5.74) is 0. The maximum atomic E-state index is 11.8. The van der Waals surface area contributed by atoms with Crippen molar-refractivity contribution in [1.29, 1.82) is 0 Å². The van der Waals surface area contributed by atoms with Gasteiger partial charge >= 0.3 is 11.9 Å². The first-order valence-electron chi connectivity index (χ1n) is 6.25. The van der Waals surface area contributed by atoms with E-state index in [9.17, 15) is 4.79 Å². The van der Waals surface area contributed by atoms with E-state index in [0.29, 0.717) is 19.8 Å². The molecule has 0 aliphatic rings. The number of carbonyl (C=O) groups is 1. The fourth-order valence-corrected chi connectivity index (χ4v) is 1.25. The van der Waals surface area contributed by atoms with Gasteiger partial charge in [-0.25, -0.2) is 4.79 Å². The standard InChI is InChI=1S/C12H24O5/c1-5-9-10-17-12(15-7-3,16-8-4)11(13)14-6-2/h5-10H2,1-4H3. The van der Waals surface area contributed by atoms with Crippen LogP contribution in [-0.4, -0.2) is 38.4 Å². The third-order valence-electron chi connectivity index (χ3n) is 1.98. The highest BCUT2D eigenvalue weighted by atomic mass is 16.9. The van der Waals surface area contributed by atoms with Gasteiger partial charge in [0, 0.05) is 0 Å². The number of rotatable bonds is 10. The van der Waals surface area contributed by atoms with Gasteiger partial charge in [-0.05, 0) is 27.2 Å². The van der Waals surface area contributed by atoms with Crippen LogP contribution in [0.25, 0.3) is 0 Å². The molecule has 0 rings (SSSR count). The number of hydrogen-bond acceptors (Lipinski definition) is 5. The number of hydrogen-bond donors (Lipinski definition) is 0. The summed E-state index contributed by atoms with van der Waals surface area (Å²) in [5, 5.41) is 0. The van der Waals surface area contributed by atoms with Gasteiger partial charge in [-0.15, -0.1) is 0 Å². The predicted octanol–water partition coefficient (Wildman–Crippen LogP) is 2.09. The molecule has 0 fully saturated rings. The van der Waals surface area contributed by atoms with Crippen molar-refractivity contribution in [3.8, 4) is 0 Å². The molecular weight excluding hydrogens is 224 g/mol. The summed E-state index contributed by atoms with van der Waals surface area (Å²) >= 11 is 0. The van der Waals surface area contributed by atoms with Gasteiger partial charge in [-0.1, -0.05) is 13.3 Å². The highest BCUT2D eigenvalue weighted by Crippen LogP contribution is 2.18. The minimum atomic E-state index is -1.70. The summed E-state index contributed by atoms with van der Waals surface area (Å²) in [6.45, 7) is 8.60. The van der Waals surface area contributed by atoms with Gasteiger partial charge < -0.3 is 18.9 Å². The van der Waals surface area contributed by atoms with Crippen LogP contribution in [0.2, 0.25) is 0 Å². The topological polar surface area (TPSA) is 54.0 Å². The molecule has 0 radical (unpaired) electrons. The van der Waals surface area contributed by atoms with E-state index in [-0.39, 0.29) is 6.61 Å². The molecule has 0 bridgehead atoms. The van der Waals surface area contributed by atoms with Crippen LogP contribution in [0.3, 0.4) is 0 Å². The molecule has 0 N–H and O–H groups in total. The second-order valence-corrected chi connectivity index (χ2v) is 3.34. The van der Waals surface area contributed by atoms with Crippen molar-refractivity contribution in [2.24, 2.45) is 0 Å². The van der Waals surface area contributed by atoms with E-state index in [1.54, 1.807) is 20.8 Å². The summed E-state index contributed by atoms with van der Waals surface area (Å²) in [5.74, 6) is -2.32. The molecule has 0 aromatic heterocycles. The Kier molecular flexibility index (Phi) is 9.03. The molecule has 5 heteroatoms. The number of ether oxygens (including phenoxy) is 4. The van der Waals surface area contributed by atoms with E-state index in [1.807, 2.05) is 6.92 Å². The molecule has 0 unspecified atom stereocenters. The Balaban J connectivity index is 4.64. The van der Waals surface area contributed by atoms with Crippen molar-refractivity contribution < 1.29 is 23.7 Å².